The first-order valence-electron chi connectivity index (χ1n) is 21.7. The standard InChI is InChI=1S/C30H50N2O44S6/c31-7-17(74-80(53,54)55)15(5(65-26(7)43)2-63-78(47,48)49)69-30-21(76-82(59,60)61)14(38)20(23(73-30)25(41)42)70-27-8(32)18(75-81(56,57)58)16(6(67-27)3-64-79(50,51)52)68-29-13(37)11(35)19(22(72-29)24(39)40)71-28-12(36)10(34)9(33)4(66-28)1-62-77(44,45)46/h4-23,26-30,33-38,43H,1-3,31-32H2,(H,39,40)(H,41,42)(H,44,45,46)(H,47,48,49)(H,50,51,52)(H,53,54,55)(H,56,57,58)(H,59,60,61)/t4-,5-,6-,7-,8-,9-,10+,11-,12-,13-,14+,15-,16-,17-,18-,19+,20+,21-,22+,23-,26+,27-,28-,29-,30-/m1/s1. The highest BCUT2D eigenvalue weighted by atomic mass is 32.3. The van der Waals surface area contributed by atoms with E-state index in [0.717, 1.165) is 0 Å². The molecule has 5 fully saturated rings. The van der Waals surface area contributed by atoms with Crippen molar-refractivity contribution in [1.29, 1.82) is 0 Å². The molecule has 46 nitrogen and oxygen atoms in total. The molecule has 0 spiro atoms. The molecule has 5 aliphatic rings. The molecule has 480 valence electrons. The van der Waals surface area contributed by atoms with Gasteiger partial charge in [-0.05, 0) is 0 Å². The van der Waals surface area contributed by atoms with Crippen molar-refractivity contribution in [2.24, 2.45) is 11.5 Å². The molecule has 82 heavy (non-hydrogen) atoms. The van der Waals surface area contributed by atoms with Gasteiger partial charge in [0.05, 0.1) is 31.9 Å². The third-order valence-corrected chi connectivity index (χ3v) is 14.3. The average Bonchev–Trinajstić information content (AvgIpc) is 3.23. The van der Waals surface area contributed by atoms with E-state index in [1.165, 1.54) is 0 Å². The van der Waals surface area contributed by atoms with Gasteiger partial charge in [0.25, 0.3) is 0 Å². The largest absolute Gasteiger partial charge is 0.479 e. The summed E-state index contributed by atoms with van der Waals surface area (Å²) in [6.07, 6.45) is -61.2. The molecule has 5 rings (SSSR count). The Hall–Kier alpha value is -2.56. The Kier molecular flexibility index (Phi) is 23.0. The molecule has 5 heterocycles. The number of carbonyl (C=O) groups is 2. The van der Waals surface area contributed by atoms with Crippen LogP contribution in [-0.2, 0) is 140 Å². The fraction of sp³-hybridized carbons (Fsp3) is 0.933. The molecule has 52 heteroatoms. The highest BCUT2D eigenvalue weighted by molar-refractivity contribution is 7.82. The first kappa shape index (κ1) is 70.2. The van der Waals surface area contributed by atoms with Crippen LogP contribution in [0, 0.1) is 0 Å². The number of aliphatic carboxylic acids is 2. The van der Waals surface area contributed by atoms with E-state index < -0.39 is 248 Å². The first-order chi connectivity index (χ1) is 37.3. The van der Waals surface area contributed by atoms with Crippen LogP contribution >= 0.6 is 0 Å². The SMILES string of the molecule is N[C@@H]1[C@@H](OS(=O)(=O)O)[C@H](O[C@@H]2O[C@@H](C(=O)O)[C@@H](O[C@H]3O[C@H](COS(=O)(=O)O)[C@@H](O[C@@H]4O[C@H](C(=O)O)[C@@H](O[C@H]5O[C@H](COS(=O)(=O)O)[C@@H](O)[C@H](O)[C@H]5O)[C@H](O)[C@H]4O)[C@H](OS(=O)(=O)O)[C@H]3N)[C@H](O)[C@H]2OS(=O)(=O)O)[C@@H](COS(=O)(=O)O)O[C@@H]1O. The van der Waals surface area contributed by atoms with Crippen molar-refractivity contribution >= 4 is 74.3 Å². The Morgan fingerprint density at radius 3 is 1.15 bits per heavy atom. The van der Waals surface area contributed by atoms with Crippen molar-refractivity contribution in [3.05, 3.63) is 0 Å². The lowest BCUT2D eigenvalue weighted by atomic mass is 9.94. The Bertz CT molecular complexity index is 2920. The molecule has 0 aromatic heterocycles. The summed E-state index contributed by atoms with van der Waals surface area (Å²) in [7, 11) is -34.3. The highest BCUT2D eigenvalue weighted by Gasteiger charge is 2.60. The molecule has 0 aliphatic carbocycles. The second kappa shape index (κ2) is 26.8. The summed E-state index contributed by atoms with van der Waals surface area (Å²) in [6.45, 7) is -4.66. The summed E-state index contributed by atoms with van der Waals surface area (Å²) in [6, 6.07) is -4.88. The molecule has 0 amide bonds. The molecule has 19 N–H and O–H groups in total. The number of nitrogens with two attached hydrogens (primary N) is 2. The van der Waals surface area contributed by atoms with Crippen molar-refractivity contribution in [1.82, 2.24) is 0 Å². The van der Waals surface area contributed by atoms with Crippen molar-refractivity contribution in [3.8, 4) is 0 Å². The number of hydrogen-bond donors (Lipinski definition) is 17. The fourth-order valence-corrected chi connectivity index (χ4v) is 10.6. The molecule has 0 unspecified atom stereocenters. The summed E-state index contributed by atoms with van der Waals surface area (Å²) in [5, 5.41) is 95.9. The van der Waals surface area contributed by atoms with Gasteiger partial charge in [-0.3, -0.25) is 27.3 Å². The zero-order valence-electron chi connectivity index (χ0n) is 39.7. The van der Waals surface area contributed by atoms with Gasteiger partial charge in [-0.1, -0.05) is 0 Å². The van der Waals surface area contributed by atoms with Gasteiger partial charge < -0.3 is 100 Å². The van der Waals surface area contributed by atoms with Gasteiger partial charge in [0.2, 0.25) is 0 Å². The Labute approximate surface area is 458 Å². The zero-order chi connectivity index (χ0) is 62.3. The Morgan fingerprint density at radius 2 is 0.695 bits per heavy atom. The molecule has 25 atom stereocenters. The van der Waals surface area contributed by atoms with Crippen LogP contribution in [0.4, 0.5) is 0 Å². The zero-order valence-corrected chi connectivity index (χ0v) is 44.6. The topological polar surface area (TPSA) is 733 Å². The molecule has 5 aliphatic heterocycles. The van der Waals surface area contributed by atoms with Crippen LogP contribution < -0.4 is 11.5 Å². The molecule has 0 bridgehead atoms. The van der Waals surface area contributed by atoms with E-state index in [0.29, 0.717) is 0 Å². The lowest BCUT2D eigenvalue weighted by Crippen LogP contribution is -2.70. The molecule has 0 saturated carbocycles. The van der Waals surface area contributed by atoms with Crippen LogP contribution in [0.2, 0.25) is 0 Å². The fourth-order valence-electron chi connectivity index (χ4n) is 8.18. The molecule has 5 saturated heterocycles. The summed E-state index contributed by atoms with van der Waals surface area (Å²) >= 11 is 0. The van der Waals surface area contributed by atoms with Crippen LogP contribution in [0.1, 0.15) is 0 Å². The van der Waals surface area contributed by atoms with E-state index in [4.69, 9.17) is 63.2 Å². The second-order valence-electron chi connectivity index (χ2n) is 17.3. The predicted molar refractivity (Wildman–Crippen MR) is 234 cm³/mol. The third-order valence-electron chi connectivity index (χ3n) is 11.6. The van der Waals surface area contributed by atoms with Crippen molar-refractivity contribution in [3.63, 3.8) is 0 Å². The predicted octanol–water partition coefficient (Wildman–Crippen LogP) is -12.8. The number of ether oxygens (including phenoxy) is 9. The van der Waals surface area contributed by atoms with Gasteiger partial charge in [0, 0.05) is 0 Å². The summed E-state index contributed by atoms with van der Waals surface area (Å²) in [4.78, 5) is 25.4. The van der Waals surface area contributed by atoms with E-state index >= 15 is 0 Å². The Balaban J connectivity index is 1.50. The first-order valence-corrected chi connectivity index (χ1v) is 29.9. The van der Waals surface area contributed by atoms with Crippen LogP contribution in [0.5, 0.6) is 0 Å². The molecule has 0 aromatic rings. The summed E-state index contributed by atoms with van der Waals surface area (Å²) in [5.74, 6) is -4.57. The van der Waals surface area contributed by atoms with Gasteiger partial charge >= 0.3 is 74.3 Å². The van der Waals surface area contributed by atoms with E-state index in [-0.39, 0.29) is 0 Å². The van der Waals surface area contributed by atoms with Crippen LogP contribution in [0.25, 0.3) is 0 Å². The maximum Gasteiger partial charge on any atom is 0.397 e. The number of aliphatic hydroxyl groups is 7. The lowest BCUT2D eigenvalue weighted by molar-refractivity contribution is -0.375. The quantitative estimate of drug-likeness (QED) is 0.0377. The van der Waals surface area contributed by atoms with Crippen LogP contribution in [-0.4, -0.2) is 309 Å². The van der Waals surface area contributed by atoms with Gasteiger partial charge in [-0.15, -0.1) is 0 Å². The molecular weight excluding hydrogens is 1280 g/mol. The smallest absolute Gasteiger partial charge is 0.397 e. The van der Waals surface area contributed by atoms with E-state index in [1.807, 2.05) is 0 Å². The van der Waals surface area contributed by atoms with Gasteiger partial charge in [-0.2, -0.15) is 50.5 Å². The maximum absolute atomic E-state index is 12.8. The maximum atomic E-state index is 12.8. The van der Waals surface area contributed by atoms with Crippen molar-refractivity contribution < 1.29 is 201 Å². The summed E-state index contributed by atoms with van der Waals surface area (Å²) < 4.78 is 272. The van der Waals surface area contributed by atoms with Crippen molar-refractivity contribution in [2.75, 3.05) is 19.8 Å². The van der Waals surface area contributed by atoms with Gasteiger partial charge in [0.1, 0.15) is 91.6 Å². The van der Waals surface area contributed by atoms with Crippen LogP contribution in [0.3, 0.4) is 0 Å². The van der Waals surface area contributed by atoms with E-state index in [2.05, 4.69) is 25.1 Å². The van der Waals surface area contributed by atoms with Gasteiger partial charge in [0.15, 0.2) is 49.8 Å². The number of hydrogen-bond acceptors (Lipinski definition) is 38. The molecular formula is C30H50N2O44S6. The highest BCUT2D eigenvalue weighted by Crippen LogP contribution is 2.38. The number of carboxylic acids is 2. The minimum Gasteiger partial charge on any atom is -0.479 e. The van der Waals surface area contributed by atoms with E-state index in [1.54, 1.807) is 0 Å². The Morgan fingerprint density at radius 1 is 0.354 bits per heavy atom. The third kappa shape index (κ3) is 19.0. The second-order valence-corrected chi connectivity index (χ2v) is 23.7. The minimum absolute atomic E-state index is 1.32. The monoisotopic (exact) mass is 1330 g/mol. The molecule has 0 radical (unpaired) electrons. The average molecular weight is 1340 g/mol. The molecule has 0 aromatic carbocycles. The summed E-state index contributed by atoms with van der Waals surface area (Å²) in [5.41, 5.74) is 11.9. The van der Waals surface area contributed by atoms with Crippen molar-refractivity contribution in [2.45, 2.75) is 153 Å². The van der Waals surface area contributed by atoms with Crippen LogP contribution in [0.15, 0.2) is 0 Å². The van der Waals surface area contributed by atoms with Gasteiger partial charge in [-0.25, -0.2) is 34.7 Å². The lowest BCUT2D eigenvalue weighted by Gasteiger charge is -2.50. The minimum atomic E-state index is -6.03. The number of carboxylic acid groups (broad SMARTS) is 2. The number of rotatable bonds is 25. The normalized spacial score (nSPS) is 41.2. The van der Waals surface area contributed by atoms with E-state index in [9.17, 15) is 124 Å². The number of aliphatic hydroxyl groups excluding tert-OH is 7.